The second-order valence-electron chi connectivity index (χ2n) is 8.03. The first-order chi connectivity index (χ1) is 12.7. The number of hydrogen-bond acceptors (Lipinski definition) is 4. The zero-order chi connectivity index (χ0) is 17.9. The fourth-order valence-electron chi connectivity index (χ4n) is 4.45. The van der Waals surface area contributed by atoms with Crippen LogP contribution in [-0.4, -0.2) is 41.5 Å². The lowest BCUT2D eigenvalue weighted by Gasteiger charge is -2.33. The normalized spacial score (nSPS) is 27.5. The van der Waals surface area contributed by atoms with Crippen LogP contribution in [0, 0.1) is 5.92 Å². The van der Waals surface area contributed by atoms with Crippen molar-refractivity contribution in [2.75, 3.05) is 19.6 Å². The summed E-state index contributed by atoms with van der Waals surface area (Å²) < 4.78 is 1.27. The number of carbonyl (C=O) groups is 1. The minimum Gasteiger partial charge on any atom is -0.352 e. The van der Waals surface area contributed by atoms with Crippen LogP contribution in [0.15, 0.2) is 24.3 Å². The molecule has 0 radical (unpaired) electrons. The number of hydrogen-bond donors (Lipinski definition) is 1. The highest BCUT2D eigenvalue weighted by atomic mass is 32.1. The standard InChI is InChI=1S/C21H29N3OS/c1-15-7-2-3-9-17(15)22-20(25)14-24-12-6-8-16(13-24)21-23-18-10-4-5-11-19(18)26-21/h4-5,10-11,15-17H,2-3,6-9,12-14H2,1H3,(H,22,25)/t15-,16-,17-/m0/s1. The summed E-state index contributed by atoms with van der Waals surface area (Å²) in [4.78, 5) is 19.7. The van der Waals surface area contributed by atoms with Crippen molar-refractivity contribution >= 4 is 27.5 Å². The molecule has 2 aliphatic rings. The van der Waals surface area contributed by atoms with E-state index in [1.165, 1.54) is 35.4 Å². The van der Waals surface area contributed by atoms with E-state index in [0.29, 0.717) is 24.4 Å². The van der Waals surface area contributed by atoms with Gasteiger partial charge < -0.3 is 5.32 Å². The molecule has 3 atom stereocenters. The first-order valence-corrected chi connectivity index (χ1v) is 10.9. The molecule has 140 valence electrons. The number of piperidine rings is 1. The average Bonchev–Trinajstić information content (AvgIpc) is 3.08. The van der Waals surface area contributed by atoms with Crippen molar-refractivity contribution in [3.63, 3.8) is 0 Å². The maximum atomic E-state index is 12.5. The van der Waals surface area contributed by atoms with Gasteiger partial charge >= 0.3 is 0 Å². The minimum absolute atomic E-state index is 0.202. The van der Waals surface area contributed by atoms with Crippen LogP contribution in [0.4, 0.5) is 0 Å². The fraction of sp³-hybridized carbons (Fsp3) is 0.619. The minimum atomic E-state index is 0.202. The number of fused-ring (bicyclic) bond motifs is 1. The van der Waals surface area contributed by atoms with E-state index in [2.05, 4.69) is 41.4 Å². The predicted octanol–water partition coefficient (Wildman–Crippen LogP) is 4.17. The Morgan fingerprint density at radius 1 is 1.23 bits per heavy atom. The predicted molar refractivity (Wildman–Crippen MR) is 108 cm³/mol. The molecule has 1 aromatic heterocycles. The molecule has 26 heavy (non-hydrogen) atoms. The molecule has 1 aromatic carbocycles. The number of aromatic nitrogens is 1. The molecule has 4 rings (SSSR count). The monoisotopic (exact) mass is 371 g/mol. The smallest absolute Gasteiger partial charge is 0.234 e. The van der Waals surface area contributed by atoms with Crippen LogP contribution in [0.5, 0.6) is 0 Å². The van der Waals surface area contributed by atoms with E-state index in [1.807, 2.05) is 11.3 Å². The number of thiazole rings is 1. The first kappa shape index (κ1) is 17.9. The van der Waals surface area contributed by atoms with Gasteiger partial charge in [-0.3, -0.25) is 9.69 Å². The van der Waals surface area contributed by atoms with Gasteiger partial charge in [0.15, 0.2) is 0 Å². The highest BCUT2D eigenvalue weighted by Crippen LogP contribution is 2.32. The lowest BCUT2D eigenvalue weighted by Crippen LogP contribution is -2.47. The summed E-state index contributed by atoms with van der Waals surface area (Å²) in [5.74, 6) is 1.28. The summed E-state index contributed by atoms with van der Waals surface area (Å²) in [6.07, 6.45) is 7.27. The Morgan fingerprint density at radius 3 is 2.92 bits per heavy atom. The Morgan fingerprint density at radius 2 is 2.08 bits per heavy atom. The highest BCUT2D eigenvalue weighted by molar-refractivity contribution is 7.18. The molecule has 1 saturated carbocycles. The molecular formula is C21H29N3OS. The molecular weight excluding hydrogens is 342 g/mol. The van der Waals surface area contributed by atoms with Crippen molar-refractivity contribution < 1.29 is 4.79 Å². The van der Waals surface area contributed by atoms with Gasteiger partial charge in [-0.1, -0.05) is 31.9 Å². The number of benzene rings is 1. The third-order valence-corrected chi connectivity index (χ3v) is 7.19. The summed E-state index contributed by atoms with van der Waals surface area (Å²) in [7, 11) is 0. The molecule has 0 unspecified atom stereocenters. The molecule has 1 saturated heterocycles. The summed E-state index contributed by atoms with van der Waals surface area (Å²) >= 11 is 1.82. The average molecular weight is 372 g/mol. The highest BCUT2D eigenvalue weighted by Gasteiger charge is 2.27. The van der Waals surface area contributed by atoms with Crippen LogP contribution in [0.1, 0.15) is 56.4 Å². The van der Waals surface area contributed by atoms with E-state index < -0.39 is 0 Å². The van der Waals surface area contributed by atoms with Gasteiger partial charge in [0.2, 0.25) is 5.91 Å². The number of carbonyl (C=O) groups excluding carboxylic acids is 1. The van der Waals surface area contributed by atoms with Crippen molar-refractivity contribution in [1.82, 2.24) is 15.2 Å². The van der Waals surface area contributed by atoms with E-state index in [1.54, 1.807) is 0 Å². The molecule has 2 heterocycles. The molecule has 1 aliphatic heterocycles. The summed E-state index contributed by atoms with van der Waals surface area (Å²) in [6, 6.07) is 8.75. The maximum Gasteiger partial charge on any atom is 0.234 e. The molecule has 0 bridgehead atoms. The third-order valence-electron chi connectivity index (χ3n) is 5.99. The number of amides is 1. The zero-order valence-electron chi connectivity index (χ0n) is 15.6. The summed E-state index contributed by atoms with van der Waals surface area (Å²) in [5.41, 5.74) is 1.11. The Balaban J connectivity index is 1.35. The van der Waals surface area contributed by atoms with Gasteiger partial charge in [0.05, 0.1) is 21.8 Å². The molecule has 2 aromatic rings. The van der Waals surface area contributed by atoms with Crippen LogP contribution >= 0.6 is 11.3 Å². The number of rotatable bonds is 4. The third kappa shape index (κ3) is 4.09. The van der Waals surface area contributed by atoms with E-state index in [4.69, 9.17) is 4.98 Å². The van der Waals surface area contributed by atoms with Crippen LogP contribution < -0.4 is 5.32 Å². The number of nitrogens with one attached hydrogen (secondary N) is 1. The quantitative estimate of drug-likeness (QED) is 0.877. The van der Waals surface area contributed by atoms with Crippen LogP contribution in [0.25, 0.3) is 10.2 Å². The maximum absolute atomic E-state index is 12.5. The number of nitrogens with zero attached hydrogens (tertiary/aromatic N) is 2. The Bertz CT molecular complexity index is 726. The Kier molecular flexibility index (Phi) is 5.55. The van der Waals surface area contributed by atoms with Crippen molar-refractivity contribution in [2.24, 2.45) is 5.92 Å². The molecule has 4 nitrogen and oxygen atoms in total. The number of likely N-dealkylation sites (tertiary alicyclic amines) is 1. The van der Waals surface area contributed by atoms with E-state index in [0.717, 1.165) is 31.4 Å². The fourth-order valence-corrected chi connectivity index (χ4v) is 5.54. The van der Waals surface area contributed by atoms with Crippen molar-refractivity contribution in [2.45, 2.75) is 57.4 Å². The van der Waals surface area contributed by atoms with E-state index in [9.17, 15) is 4.79 Å². The molecule has 5 heteroatoms. The molecule has 1 N–H and O–H groups in total. The van der Waals surface area contributed by atoms with Crippen molar-refractivity contribution in [3.05, 3.63) is 29.3 Å². The van der Waals surface area contributed by atoms with Crippen LogP contribution in [0.3, 0.4) is 0 Å². The molecule has 2 fully saturated rings. The van der Waals surface area contributed by atoms with Crippen molar-refractivity contribution in [1.29, 1.82) is 0 Å². The topological polar surface area (TPSA) is 45.2 Å². The van der Waals surface area contributed by atoms with Gasteiger partial charge in [-0.25, -0.2) is 4.98 Å². The molecule has 0 spiro atoms. The van der Waals surface area contributed by atoms with Gasteiger partial charge in [-0.15, -0.1) is 11.3 Å². The van der Waals surface area contributed by atoms with Gasteiger partial charge in [0.1, 0.15) is 0 Å². The second kappa shape index (κ2) is 8.05. The summed E-state index contributed by atoms with van der Waals surface area (Å²) in [6.45, 7) is 4.78. The lowest BCUT2D eigenvalue weighted by atomic mass is 9.86. The summed E-state index contributed by atoms with van der Waals surface area (Å²) in [5, 5.41) is 4.53. The van der Waals surface area contributed by atoms with Crippen LogP contribution in [0.2, 0.25) is 0 Å². The zero-order valence-corrected chi connectivity index (χ0v) is 16.4. The molecule has 1 amide bonds. The number of para-hydroxylation sites is 1. The Hall–Kier alpha value is -1.46. The largest absolute Gasteiger partial charge is 0.352 e. The van der Waals surface area contributed by atoms with Gasteiger partial charge in [0, 0.05) is 18.5 Å². The first-order valence-electron chi connectivity index (χ1n) is 10.1. The van der Waals surface area contributed by atoms with Crippen molar-refractivity contribution in [3.8, 4) is 0 Å². The second-order valence-corrected chi connectivity index (χ2v) is 9.09. The lowest BCUT2D eigenvalue weighted by molar-refractivity contribution is -0.123. The van der Waals surface area contributed by atoms with Gasteiger partial charge in [-0.05, 0) is 50.3 Å². The van der Waals surface area contributed by atoms with Gasteiger partial charge in [-0.2, -0.15) is 0 Å². The molecule has 1 aliphatic carbocycles. The van der Waals surface area contributed by atoms with Gasteiger partial charge in [0.25, 0.3) is 0 Å². The van der Waals surface area contributed by atoms with E-state index >= 15 is 0 Å². The van der Waals surface area contributed by atoms with Crippen LogP contribution in [-0.2, 0) is 4.79 Å². The van der Waals surface area contributed by atoms with E-state index in [-0.39, 0.29) is 5.91 Å². The SMILES string of the molecule is C[C@H]1CCCC[C@@H]1NC(=O)CN1CCC[C@H](c2nc3ccccc3s2)C1. The Labute approximate surface area is 160 Å².